The van der Waals surface area contributed by atoms with Crippen LogP contribution in [0.5, 0.6) is 0 Å². The van der Waals surface area contributed by atoms with Crippen molar-refractivity contribution in [3.8, 4) is 0 Å². The van der Waals surface area contributed by atoms with Crippen molar-refractivity contribution in [2.75, 3.05) is 18.8 Å². The number of hydrogen-bond donors (Lipinski definition) is 2. The van der Waals surface area contributed by atoms with Gasteiger partial charge in [-0.25, -0.2) is 0 Å². The van der Waals surface area contributed by atoms with Crippen LogP contribution < -0.4 is 5.73 Å². The van der Waals surface area contributed by atoms with E-state index in [0.717, 1.165) is 10.5 Å². The molecule has 0 saturated carbocycles. The number of halogens is 1. The SMILES string of the molecule is NC(=O)CN(CC(=O)O)C(=O)CSCc1ccc(Cl)cc1. The molecule has 114 valence electrons. The third-order valence-electron chi connectivity index (χ3n) is 2.43. The normalized spacial score (nSPS) is 10.1. The van der Waals surface area contributed by atoms with Gasteiger partial charge in [-0.2, -0.15) is 0 Å². The lowest BCUT2D eigenvalue weighted by Crippen LogP contribution is -2.42. The highest BCUT2D eigenvalue weighted by Gasteiger charge is 2.18. The Hall–Kier alpha value is -1.73. The van der Waals surface area contributed by atoms with Crippen LogP contribution in [-0.2, 0) is 20.1 Å². The number of carbonyl (C=O) groups is 3. The van der Waals surface area contributed by atoms with E-state index in [-0.39, 0.29) is 5.75 Å². The minimum absolute atomic E-state index is 0.0726. The molecule has 1 aromatic carbocycles. The standard InChI is InChI=1S/C13H15ClN2O4S/c14-10-3-1-9(2-4-10)7-21-8-12(18)16(5-11(15)17)6-13(19)20/h1-4H,5-8H2,(H2,15,17)(H,19,20). The van der Waals surface area contributed by atoms with Crippen LogP contribution in [0.15, 0.2) is 24.3 Å². The second-order valence-corrected chi connectivity index (χ2v) is 5.65. The summed E-state index contributed by atoms with van der Waals surface area (Å²) in [5.74, 6) is -1.71. The van der Waals surface area contributed by atoms with Crippen LogP contribution >= 0.6 is 23.4 Å². The summed E-state index contributed by atoms with van der Waals surface area (Å²) in [5.41, 5.74) is 5.99. The average molecular weight is 331 g/mol. The molecule has 0 heterocycles. The summed E-state index contributed by atoms with van der Waals surface area (Å²) in [4.78, 5) is 34.3. The Morgan fingerprint density at radius 2 is 1.81 bits per heavy atom. The van der Waals surface area contributed by atoms with Crippen molar-refractivity contribution in [2.45, 2.75) is 5.75 Å². The van der Waals surface area contributed by atoms with Crippen molar-refractivity contribution >= 4 is 41.1 Å². The molecule has 6 nitrogen and oxygen atoms in total. The molecule has 0 saturated heterocycles. The van der Waals surface area contributed by atoms with Gasteiger partial charge >= 0.3 is 5.97 Å². The fourth-order valence-corrected chi connectivity index (χ4v) is 2.53. The lowest BCUT2D eigenvalue weighted by atomic mass is 10.2. The molecule has 1 rings (SSSR count). The fraction of sp³-hybridized carbons (Fsp3) is 0.308. The number of amides is 2. The van der Waals surface area contributed by atoms with Gasteiger partial charge in [0.1, 0.15) is 6.54 Å². The van der Waals surface area contributed by atoms with Gasteiger partial charge in [-0.05, 0) is 17.7 Å². The van der Waals surface area contributed by atoms with Crippen molar-refractivity contribution in [2.24, 2.45) is 5.73 Å². The van der Waals surface area contributed by atoms with E-state index in [1.54, 1.807) is 12.1 Å². The van der Waals surface area contributed by atoms with E-state index >= 15 is 0 Å². The van der Waals surface area contributed by atoms with Gasteiger partial charge in [-0.15, -0.1) is 11.8 Å². The molecule has 8 heteroatoms. The summed E-state index contributed by atoms with van der Waals surface area (Å²) in [5, 5.41) is 9.34. The summed E-state index contributed by atoms with van der Waals surface area (Å²) in [6.07, 6.45) is 0. The molecule has 0 bridgehead atoms. The fourth-order valence-electron chi connectivity index (χ4n) is 1.51. The zero-order valence-corrected chi connectivity index (χ0v) is 12.7. The highest BCUT2D eigenvalue weighted by Crippen LogP contribution is 2.15. The average Bonchev–Trinajstić information content (AvgIpc) is 2.39. The Labute approximate surface area is 131 Å². The molecule has 2 amide bonds. The summed E-state index contributed by atoms with van der Waals surface area (Å²) in [6.45, 7) is -0.935. The molecule has 0 spiro atoms. The second kappa shape index (κ2) is 8.53. The smallest absolute Gasteiger partial charge is 0.323 e. The number of hydrogen-bond acceptors (Lipinski definition) is 4. The third kappa shape index (κ3) is 7.01. The lowest BCUT2D eigenvalue weighted by molar-refractivity contribution is -0.144. The maximum absolute atomic E-state index is 11.9. The largest absolute Gasteiger partial charge is 0.480 e. The number of nitrogens with zero attached hydrogens (tertiary/aromatic N) is 1. The Balaban J connectivity index is 2.47. The molecule has 0 aliphatic heterocycles. The molecular weight excluding hydrogens is 316 g/mol. The molecule has 0 aliphatic rings. The van der Waals surface area contributed by atoms with Crippen LogP contribution in [0, 0.1) is 0 Å². The predicted molar refractivity (Wildman–Crippen MR) is 81.0 cm³/mol. The number of carbonyl (C=O) groups excluding carboxylic acids is 2. The molecule has 0 unspecified atom stereocenters. The molecule has 0 radical (unpaired) electrons. The molecule has 0 atom stereocenters. The first-order chi connectivity index (χ1) is 9.88. The number of carboxylic acid groups (broad SMARTS) is 1. The maximum Gasteiger partial charge on any atom is 0.323 e. The highest BCUT2D eigenvalue weighted by molar-refractivity contribution is 7.99. The van der Waals surface area contributed by atoms with Gasteiger partial charge < -0.3 is 15.7 Å². The van der Waals surface area contributed by atoms with Gasteiger partial charge in [-0.1, -0.05) is 23.7 Å². The van der Waals surface area contributed by atoms with Gasteiger partial charge in [0.25, 0.3) is 0 Å². The second-order valence-electron chi connectivity index (χ2n) is 4.23. The van der Waals surface area contributed by atoms with Gasteiger partial charge in [0.2, 0.25) is 11.8 Å². The Kier molecular flexibility index (Phi) is 7.04. The first-order valence-corrected chi connectivity index (χ1v) is 7.52. The molecule has 21 heavy (non-hydrogen) atoms. The van der Waals surface area contributed by atoms with Crippen molar-refractivity contribution in [3.63, 3.8) is 0 Å². The summed E-state index contributed by atoms with van der Waals surface area (Å²) >= 11 is 7.09. The van der Waals surface area contributed by atoms with Crippen molar-refractivity contribution < 1.29 is 19.5 Å². The van der Waals surface area contributed by atoms with Crippen LogP contribution in [0.2, 0.25) is 5.02 Å². The van der Waals surface area contributed by atoms with Crippen LogP contribution in [0.1, 0.15) is 5.56 Å². The number of carboxylic acids is 1. The highest BCUT2D eigenvalue weighted by atomic mass is 35.5. The van der Waals surface area contributed by atoms with E-state index < -0.39 is 30.9 Å². The third-order valence-corrected chi connectivity index (χ3v) is 3.67. The van der Waals surface area contributed by atoms with E-state index in [0.29, 0.717) is 10.8 Å². The van der Waals surface area contributed by atoms with Crippen molar-refractivity contribution in [1.29, 1.82) is 0 Å². The first kappa shape index (κ1) is 17.3. The molecule has 0 aromatic heterocycles. The topological polar surface area (TPSA) is 101 Å². The van der Waals surface area contributed by atoms with Gasteiger partial charge in [0.15, 0.2) is 0 Å². The molecule has 3 N–H and O–H groups in total. The quantitative estimate of drug-likeness (QED) is 0.739. The minimum atomic E-state index is -1.19. The van der Waals surface area contributed by atoms with Gasteiger partial charge in [-0.3, -0.25) is 14.4 Å². The van der Waals surface area contributed by atoms with Gasteiger partial charge in [0.05, 0.1) is 12.3 Å². The van der Waals surface area contributed by atoms with Crippen molar-refractivity contribution in [3.05, 3.63) is 34.9 Å². The zero-order chi connectivity index (χ0) is 15.8. The number of thioether (sulfide) groups is 1. The van der Waals surface area contributed by atoms with E-state index in [2.05, 4.69) is 0 Å². The minimum Gasteiger partial charge on any atom is -0.480 e. The van der Waals surface area contributed by atoms with E-state index in [1.165, 1.54) is 11.8 Å². The van der Waals surface area contributed by atoms with Crippen LogP contribution in [0.4, 0.5) is 0 Å². The number of primary amides is 1. The maximum atomic E-state index is 11.9. The van der Waals surface area contributed by atoms with E-state index in [4.69, 9.17) is 22.4 Å². The predicted octanol–water partition coefficient (Wildman–Crippen LogP) is 0.972. The van der Waals surface area contributed by atoms with Crippen LogP contribution in [0.3, 0.4) is 0 Å². The number of nitrogens with two attached hydrogens (primary N) is 1. The first-order valence-electron chi connectivity index (χ1n) is 5.98. The number of benzene rings is 1. The molecule has 0 fully saturated rings. The van der Waals surface area contributed by atoms with Crippen molar-refractivity contribution in [1.82, 2.24) is 4.90 Å². The number of aliphatic carboxylic acids is 1. The Morgan fingerprint density at radius 3 is 2.33 bits per heavy atom. The Morgan fingerprint density at radius 1 is 1.19 bits per heavy atom. The lowest BCUT2D eigenvalue weighted by Gasteiger charge is -2.18. The summed E-state index contributed by atoms with van der Waals surface area (Å²) in [6, 6.07) is 7.20. The molecular formula is C13H15ClN2O4S. The summed E-state index contributed by atoms with van der Waals surface area (Å²) < 4.78 is 0. The van der Waals surface area contributed by atoms with Crippen LogP contribution in [0.25, 0.3) is 0 Å². The van der Waals surface area contributed by atoms with E-state index in [1.807, 2.05) is 12.1 Å². The van der Waals surface area contributed by atoms with Crippen LogP contribution in [-0.4, -0.2) is 46.6 Å². The monoisotopic (exact) mass is 330 g/mol. The zero-order valence-electron chi connectivity index (χ0n) is 11.1. The molecule has 1 aromatic rings. The summed E-state index contributed by atoms with van der Waals surface area (Å²) in [7, 11) is 0. The Bertz CT molecular complexity index is 505. The molecule has 0 aliphatic carbocycles. The van der Waals surface area contributed by atoms with E-state index in [9.17, 15) is 14.4 Å². The number of rotatable bonds is 8. The van der Waals surface area contributed by atoms with Gasteiger partial charge in [0, 0.05) is 10.8 Å².